The van der Waals surface area contributed by atoms with Gasteiger partial charge < -0.3 is 9.83 Å². The first-order valence-electron chi connectivity index (χ1n) is 3.36. The maximum absolute atomic E-state index is 8.90. The number of nitrogens with one attached hydrogen (secondary N) is 1. The summed E-state index contributed by atoms with van der Waals surface area (Å²) in [5, 5.41) is 8.90. The molecule has 1 rings (SSSR count). The second-order valence-electron chi connectivity index (χ2n) is 2.12. The minimum absolute atomic E-state index is 0.0870. The van der Waals surface area contributed by atoms with E-state index in [1.54, 1.807) is 0 Å². The Balaban J connectivity index is 2.83. The van der Waals surface area contributed by atoms with Crippen LogP contribution in [0.4, 0.5) is 5.69 Å². The minimum Gasteiger partial charge on any atom is -0.392 e. The summed E-state index contributed by atoms with van der Waals surface area (Å²) in [4.78, 5) is 0. The van der Waals surface area contributed by atoms with E-state index in [-0.39, 0.29) is 6.61 Å². The molecule has 0 radical (unpaired) electrons. The van der Waals surface area contributed by atoms with Crippen LogP contribution < -0.4 is 4.72 Å². The summed E-state index contributed by atoms with van der Waals surface area (Å²) in [6.45, 7) is 0.0870. The van der Waals surface area contributed by atoms with Gasteiger partial charge in [0.15, 0.2) is 0 Å². The zero-order chi connectivity index (χ0) is 8.10. The van der Waals surface area contributed by atoms with E-state index in [1.807, 2.05) is 30.5 Å². The standard InChI is InChI=1S/C8H11NOS/c1-11-9-8-5-3-2-4-7(8)6-10/h2-5,9-10H,6H2,1H3. The topological polar surface area (TPSA) is 32.3 Å². The van der Waals surface area contributed by atoms with Crippen molar-refractivity contribution in [2.75, 3.05) is 11.0 Å². The molecule has 11 heavy (non-hydrogen) atoms. The third-order valence-electron chi connectivity index (χ3n) is 1.40. The van der Waals surface area contributed by atoms with Gasteiger partial charge in [0.25, 0.3) is 0 Å². The molecule has 2 nitrogen and oxygen atoms in total. The fraction of sp³-hybridized carbons (Fsp3) is 0.250. The van der Waals surface area contributed by atoms with Crippen LogP contribution in [0.1, 0.15) is 5.56 Å². The number of aliphatic hydroxyl groups excluding tert-OH is 1. The first-order chi connectivity index (χ1) is 5.38. The lowest BCUT2D eigenvalue weighted by molar-refractivity contribution is 0.282. The maximum Gasteiger partial charge on any atom is 0.0702 e. The molecule has 0 heterocycles. The van der Waals surface area contributed by atoms with Crippen LogP contribution in [0.5, 0.6) is 0 Å². The number of anilines is 1. The third kappa shape index (κ3) is 2.13. The highest BCUT2D eigenvalue weighted by Gasteiger charge is 1.96. The number of hydrogen-bond acceptors (Lipinski definition) is 3. The minimum atomic E-state index is 0.0870. The Kier molecular flexibility index (Phi) is 3.26. The van der Waals surface area contributed by atoms with Crippen molar-refractivity contribution in [1.29, 1.82) is 0 Å². The molecule has 0 spiro atoms. The van der Waals surface area contributed by atoms with Crippen molar-refractivity contribution in [1.82, 2.24) is 0 Å². The number of hydrogen-bond donors (Lipinski definition) is 2. The van der Waals surface area contributed by atoms with Crippen molar-refractivity contribution in [2.45, 2.75) is 6.61 Å². The molecule has 3 heteroatoms. The third-order valence-corrected chi connectivity index (χ3v) is 1.82. The van der Waals surface area contributed by atoms with Gasteiger partial charge in [-0.2, -0.15) is 0 Å². The maximum atomic E-state index is 8.90. The molecular weight excluding hydrogens is 158 g/mol. The highest BCUT2D eigenvalue weighted by molar-refractivity contribution is 7.99. The molecule has 60 valence electrons. The Morgan fingerprint density at radius 3 is 2.82 bits per heavy atom. The average Bonchev–Trinajstić information content (AvgIpc) is 2.06. The monoisotopic (exact) mass is 169 g/mol. The number of para-hydroxylation sites is 1. The molecule has 1 aromatic rings. The van der Waals surface area contributed by atoms with E-state index in [2.05, 4.69) is 4.72 Å². The van der Waals surface area contributed by atoms with Crippen LogP contribution in [-0.4, -0.2) is 11.4 Å². The van der Waals surface area contributed by atoms with Crippen LogP contribution in [0.25, 0.3) is 0 Å². The largest absolute Gasteiger partial charge is 0.392 e. The van der Waals surface area contributed by atoms with Gasteiger partial charge in [0, 0.05) is 17.5 Å². The molecule has 0 aliphatic rings. The van der Waals surface area contributed by atoms with Crippen LogP contribution in [0.2, 0.25) is 0 Å². The van der Waals surface area contributed by atoms with Gasteiger partial charge >= 0.3 is 0 Å². The quantitative estimate of drug-likeness (QED) is 0.677. The molecule has 0 aliphatic carbocycles. The highest BCUT2D eigenvalue weighted by Crippen LogP contribution is 2.16. The van der Waals surface area contributed by atoms with Crippen LogP contribution >= 0.6 is 11.9 Å². The van der Waals surface area contributed by atoms with Crippen molar-refractivity contribution < 1.29 is 5.11 Å². The van der Waals surface area contributed by atoms with Crippen molar-refractivity contribution in [3.8, 4) is 0 Å². The van der Waals surface area contributed by atoms with Crippen molar-refractivity contribution in [3.05, 3.63) is 29.8 Å². The smallest absolute Gasteiger partial charge is 0.0702 e. The van der Waals surface area contributed by atoms with Crippen LogP contribution in [0, 0.1) is 0 Å². The Morgan fingerprint density at radius 2 is 2.18 bits per heavy atom. The molecular formula is C8H11NOS. The summed E-state index contributed by atoms with van der Waals surface area (Å²) in [7, 11) is 0. The van der Waals surface area contributed by atoms with E-state index >= 15 is 0 Å². The molecule has 2 N–H and O–H groups in total. The van der Waals surface area contributed by atoms with Crippen molar-refractivity contribution >= 4 is 17.6 Å². The van der Waals surface area contributed by atoms with Gasteiger partial charge in [0.2, 0.25) is 0 Å². The summed E-state index contributed by atoms with van der Waals surface area (Å²) in [5.41, 5.74) is 1.92. The van der Waals surface area contributed by atoms with Gasteiger partial charge in [0.1, 0.15) is 0 Å². The van der Waals surface area contributed by atoms with Gasteiger partial charge in [-0.15, -0.1) is 0 Å². The molecule has 0 aromatic heterocycles. The lowest BCUT2D eigenvalue weighted by Gasteiger charge is -2.06. The number of aliphatic hydroxyl groups is 1. The first kappa shape index (κ1) is 8.43. The Morgan fingerprint density at radius 1 is 1.45 bits per heavy atom. The molecule has 0 fully saturated rings. The van der Waals surface area contributed by atoms with E-state index in [0.717, 1.165) is 11.3 Å². The van der Waals surface area contributed by atoms with E-state index in [1.165, 1.54) is 11.9 Å². The molecule has 0 aliphatic heterocycles. The molecule has 0 unspecified atom stereocenters. The summed E-state index contributed by atoms with van der Waals surface area (Å²) in [6, 6.07) is 7.70. The number of benzene rings is 1. The second-order valence-corrected chi connectivity index (χ2v) is 2.73. The zero-order valence-electron chi connectivity index (χ0n) is 6.37. The predicted molar refractivity (Wildman–Crippen MR) is 49.5 cm³/mol. The van der Waals surface area contributed by atoms with Crippen LogP contribution in [0.15, 0.2) is 24.3 Å². The zero-order valence-corrected chi connectivity index (χ0v) is 7.19. The first-order valence-corrected chi connectivity index (χ1v) is 4.58. The Labute approximate surface area is 70.8 Å². The normalized spacial score (nSPS) is 9.64. The second kappa shape index (κ2) is 4.26. The van der Waals surface area contributed by atoms with Crippen LogP contribution in [-0.2, 0) is 6.61 Å². The summed E-state index contributed by atoms with van der Waals surface area (Å²) in [6.07, 6.45) is 1.95. The lowest BCUT2D eigenvalue weighted by atomic mass is 10.2. The Hall–Kier alpha value is -0.670. The summed E-state index contributed by atoms with van der Waals surface area (Å²) in [5.74, 6) is 0. The SMILES string of the molecule is CSNc1ccccc1CO. The van der Waals surface area contributed by atoms with Crippen molar-refractivity contribution in [2.24, 2.45) is 0 Å². The average molecular weight is 169 g/mol. The van der Waals surface area contributed by atoms with Gasteiger partial charge in [-0.05, 0) is 6.07 Å². The van der Waals surface area contributed by atoms with Crippen LogP contribution in [0.3, 0.4) is 0 Å². The van der Waals surface area contributed by atoms with Crippen molar-refractivity contribution in [3.63, 3.8) is 0 Å². The molecule has 0 saturated carbocycles. The molecule has 0 bridgehead atoms. The number of rotatable bonds is 3. The Bertz CT molecular complexity index is 227. The fourth-order valence-corrected chi connectivity index (χ4v) is 1.29. The van der Waals surface area contributed by atoms with E-state index in [9.17, 15) is 0 Å². The van der Waals surface area contributed by atoms with E-state index < -0.39 is 0 Å². The highest BCUT2D eigenvalue weighted by atomic mass is 32.2. The molecule has 0 saturated heterocycles. The van der Waals surface area contributed by atoms with E-state index in [4.69, 9.17) is 5.11 Å². The van der Waals surface area contributed by atoms with E-state index in [0.29, 0.717) is 0 Å². The van der Waals surface area contributed by atoms with Gasteiger partial charge in [0.05, 0.1) is 6.61 Å². The summed E-state index contributed by atoms with van der Waals surface area (Å²) >= 11 is 1.52. The molecule has 1 aromatic carbocycles. The molecule has 0 atom stereocenters. The van der Waals surface area contributed by atoms with Gasteiger partial charge in [-0.25, -0.2) is 0 Å². The summed E-state index contributed by atoms with van der Waals surface area (Å²) < 4.78 is 3.08. The fourth-order valence-electron chi connectivity index (χ4n) is 0.868. The predicted octanol–water partition coefficient (Wildman–Crippen LogP) is 1.87. The van der Waals surface area contributed by atoms with Gasteiger partial charge in [-0.1, -0.05) is 30.1 Å². The molecule has 0 amide bonds. The lowest BCUT2D eigenvalue weighted by Crippen LogP contribution is -1.91. The van der Waals surface area contributed by atoms with Gasteiger partial charge in [-0.3, -0.25) is 0 Å².